The van der Waals surface area contributed by atoms with Gasteiger partial charge in [-0.1, -0.05) is 30.3 Å². The van der Waals surface area contributed by atoms with Crippen molar-refractivity contribution in [2.45, 2.75) is 38.7 Å². The predicted molar refractivity (Wildman–Crippen MR) is 93.0 cm³/mol. The maximum absolute atomic E-state index is 13.1. The van der Waals surface area contributed by atoms with Gasteiger partial charge in [0.2, 0.25) is 5.91 Å². The summed E-state index contributed by atoms with van der Waals surface area (Å²) in [7, 11) is 0. The third kappa shape index (κ3) is 3.55. The SMILES string of the molecule is CC(C)(C)OC(=O)N1C(=O)C(Cc2ccc(F)cc2)c2ccccc21. The van der Waals surface area contributed by atoms with E-state index < -0.39 is 17.6 Å². The number of halogens is 1. The van der Waals surface area contributed by atoms with Crippen molar-refractivity contribution in [3.8, 4) is 0 Å². The Morgan fingerprint density at radius 2 is 1.76 bits per heavy atom. The van der Waals surface area contributed by atoms with Crippen LogP contribution in [0.4, 0.5) is 14.9 Å². The van der Waals surface area contributed by atoms with Gasteiger partial charge in [0.15, 0.2) is 0 Å². The first kappa shape index (κ1) is 17.1. The Kier molecular flexibility index (Phi) is 4.33. The average molecular weight is 341 g/mol. The van der Waals surface area contributed by atoms with Crippen molar-refractivity contribution in [1.29, 1.82) is 0 Å². The number of carbonyl (C=O) groups excluding carboxylic acids is 2. The number of nitrogens with zero attached hydrogens (tertiary/aromatic N) is 1. The minimum atomic E-state index is -0.693. The first-order chi connectivity index (χ1) is 11.8. The largest absolute Gasteiger partial charge is 0.443 e. The highest BCUT2D eigenvalue weighted by molar-refractivity contribution is 6.19. The number of hydrogen-bond acceptors (Lipinski definition) is 3. The van der Waals surface area contributed by atoms with E-state index in [0.717, 1.165) is 16.0 Å². The molecule has 0 spiro atoms. The Bertz CT molecular complexity index is 808. The Hall–Kier alpha value is -2.69. The number of rotatable bonds is 2. The molecular formula is C20H20FNO3. The highest BCUT2D eigenvalue weighted by Crippen LogP contribution is 2.39. The second-order valence-corrected chi connectivity index (χ2v) is 7.10. The van der Waals surface area contributed by atoms with Gasteiger partial charge in [-0.05, 0) is 56.5 Å². The van der Waals surface area contributed by atoms with Gasteiger partial charge in [0, 0.05) is 0 Å². The van der Waals surface area contributed by atoms with Gasteiger partial charge < -0.3 is 4.74 Å². The summed E-state index contributed by atoms with van der Waals surface area (Å²) >= 11 is 0. The fourth-order valence-corrected chi connectivity index (χ4v) is 2.94. The molecule has 0 bridgehead atoms. The van der Waals surface area contributed by atoms with Crippen LogP contribution in [-0.4, -0.2) is 17.6 Å². The number of fused-ring (bicyclic) bond motifs is 1. The summed E-state index contributed by atoms with van der Waals surface area (Å²) in [5, 5.41) is 0. The molecule has 0 radical (unpaired) electrons. The highest BCUT2D eigenvalue weighted by atomic mass is 19.1. The van der Waals surface area contributed by atoms with Crippen LogP contribution in [0.3, 0.4) is 0 Å². The van der Waals surface area contributed by atoms with Gasteiger partial charge >= 0.3 is 6.09 Å². The molecular weight excluding hydrogens is 321 g/mol. The average Bonchev–Trinajstić information content (AvgIpc) is 2.80. The second-order valence-electron chi connectivity index (χ2n) is 7.10. The van der Waals surface area contributed by atoms with Gasteiger partial charge in [-0.2, -0.15) is 0 Å². The van der Waals surface area contributed by atoms with Crippen LogP contribution < -0.4 is 4.90 Å². The van der Waals surface area contributed by atoms with Crippen LogP contribution in [0, 0.1) is 5.82 Å². The number of anilines is 1. The lowest BCUT2D eigenvalue weighted by Crippen LogP contribution is -2.39. The summed E-state index contributed by atoms with van der Waals surface area (Å²) in [5.74, 6) is -1.13. The molecule has 1 heterocycles. The molecule has 5 heteroatoms. The van der Waals surface area contributed by atoms with E-state index in [2.05, 4.69) is 0 Å². The number of hydrogen-bond donors (Lipinski definition) is 0. The fraction of sp³-hybridized carbons (Fsp3) is 0.300. The predicted octanol–water partition coefficient (Wildman–Crippen LogP) is 4.43. The van der Waals surface area contributed by atoms with Crippen LogP contribution in [0.15, 0.2) is 48.5 Å². The van der Waals surface area contributed by atoms with Crippen LogP contribution in [-0.2, 0) is 16.0 Å². The van der Waals surface area contributed by atoms with Crippen LogP contribution in [0.25, 0.3) is 0 Å². The third-order valence-corrected chi connectivity index (χ3v) is 4.00. The molecule has 0 fully saturated rings. The minimum absolute atomic E-state index is 0.320. The van der Waals surface area contributed by atoms with Gasteiger partial charge in [0.25, 0.3) is 0 Å². The lowest BCUT2D eigenvalue weighted by atomic mass is 9.93. The molecule has 0 saturated carbocycles. The van der Waals surface area contributed by atoms with Crippen molar-refractivity contribution in [2.75, 3.05) is 4.90 Å². The second kappa shape index (κ2) is 6.31. The zero-order valence-electron chi connectivity index (χ0n) is 14.5. The highest BCUT2D eigenvalue weighted by Gasteiger charge is 2.42. The smallest absolute Gasteiger partial charge is 0.421 e. The summed E-state index contributed by atoms with van der Waals surface area (Å²) in [4.78, 5) is 26.5. The molecule has 1 aliphatic rings. The first-order valence-electron chi connectivity index (χ1n) is 8.16. The molecule has 130 valence electrons. The number of para-hydroxylation sites is 1. The van der Waals surface area contributed by atoms with Gasteiger partial charge in [-0.25, -0.2) is 14.1 Å². The normalized spacial score (nSPS) is 16.7. The van der Waals surface area contributed by atoms with E-state index in [1.807, 2.05) is 12.1 Å². The molecule has 0 N–H and O–H groups in total. The Balaban J connectivity index is 1.92. The molecule has 4 nitrogen and oxygen atoms in total. The van der Waals surface area contributed by atoms with Gasteiger partial charge in [-0.15, -0.1) is 0 Å². The van der Waals surface area contributed by atoms with Crippen molar-refractivity contribution >= 4 is 17.7 Å². The third-order valence-electron chi connectivity index (χ3n) is 4.00. The number of amides is 2. The molecule has 0 aromatic heterocycles. The van der Waals surface area contributed by atoms with E-state index in [1.54, 1.807) is 45.0 Å². The molecule has 1 atom stereocenters. The van der Waals surface area contributed by atoms with Gasteiger partial charge in [-0.3, -0.25) is 4.79 Å². The maximum atomic E-state index is 13.1. The van der Waals surface area contributed by atoms with Crippen LogP contribution in [0.5, 0.6) is 0 Å². The van der Waals surface area contributed by atoms with E-state index in [-0.39, 0.29) is 11.7 Å². The Morgan fingerprint density at radius 1 is 1.12 bits per heavy atom. The number of benzene rings is 2. The lowest BCUT2D eigenvalue weighted by Gasteiger charge is -2.24. The van der Waals surface area contributed by atoms with Gasteiger partial charge in [0.05, 0.1) is 11.6 Å². The molecule has 1 unspecified atom stereocenters. The van der Waals surface area contributed by atoms with Crippen LogP contribution in [0.1, 0.15) is 37.8 Å². The summed E-state index contributed by atoms with van der Waals surface area (Å²) < 4.78 is 18.5. The number of imide groups is 1. The zero-order valence-corrected chi connectivity index (χ0v) is 14.5. The molecule has 0 aliphatic carbocycles. The summed E-state index contributed by atoms with van der Waals surface area (Å²) in [6, 6.07) is 13.2. The monoisotopic (exact) mass is 341 g/mol. The molecule has 2 amide bonds. The molecule has 25 heavy (non-hydrogen) atoms. The van der Waals surface area contributed by atoms with Crippen molar-refractivity contribution in [2.24, 2.45) is 0 Å². The van der Waals surface area contributed by atoms with Gasteiger partial charge in [0.1, 0.15) is 11.4 Å². The molecule has 2 aromatic rings. The number of ether oxygens (including phenoxy) is 1. The maximum Gasteiger partial charge on any atom is 0.421 e. The van der Waals surface area contributed by atoms with E-state index in [4.69, 9.17) is 4.74 Å². The molecule has 1 aliphatic heterocycles. The van der Waals surface area contributed by atoms with E-state index in [1.165, 1.54) is 12.1 Å². The molecule has 0 saturated heterocycles. The van der Waals surface area contributed by atoms with Crippen molar-refractivity contribution < 1.29 is 18.7 Å². The Labute approximate surface area is 146 Å². The summed E-state index contributed by atoms with van der Waals surface area (Å²) in [5.41, 5.74) is 1.47. The first-order valence-corrected chi connectivity index (χ1v) is 8.16. The quantitative estimate of drug-likeness (QED) is 0.811. The lowest BCUT2D eigenvalue weighted by molar-refractivity contribution is -0.119. The zero-order chi connectivity index (χ0) is 18.2. The van der Waals surface area contributed by atoms with E-state index in [0.29, 0.717) is 12.1 Å². The number of carbonyl (C=O) groups is 2. The van der Waals surface area contributed by atoms with Crippen LogP contribution >= 0.6 is 0 Å². The van der Waals surface area contributed by atoms with Crippen LogP contribution in [0.2, 0.25) is 0 Å². The topological polar surface area (TPSA) is 46.6 Å². The van der Waals surface area contributed by atoms with E-state index >= 15 is 0 Å². The Morgan fingerprint density at radius 3 is 2.40 bits per heavy atom. The van der Waals surface area contributed by atoms with E-state index in [9.17, 15) is 14.0 Å². The fourth-order valence-electron chi connectivity index (χ4n) is 2.94. The van der Waals surface area contributed by atoms with Crippen molar-refractivity contribution in [1.82, 2.24) is 0 Å². The van der Waals surface area contributed by atoms with Crippen molar-refractivity contribution in [3.63, 3.8) is 0 Å². The molecule has 3 rings (SSSR count). The summed E-state index contributed by atoms with van der Waals surface area (Å²) in [6.07, 6.45) is -0.276. The van der Waals surface area contributed by atoms with Crippen molar-refractivity contribution in [3.05, 3.63) is 65.5 Å². The summed E-state index contributed by atoms with van der Waals surface area (Å²) in [6.45, 7) is 5.27. The minimum Gasteiger partial charge on any atom is -0.443 e. The molecule has 2 aromatic carbocycles. The standard InChI is InChI=1S/C20H20FNO3/c1-20(2,3)25-19(24)22-17-7-5-4-6-15(17)16(18(22)23)12-13-8-10-14(21)11-9-13/h4-11,16H,12H2,1-3H3.